The summed E-state index contributed by atoms with van der Waals surface area (Å²) in [6.45, 7) is 5.89. The summed E-state index contributed by atoms with van der Waals surface area (Å²) in [5.41, 5.74) is 0.789. The molecule has 3 rings (SSSR count). The van der Waals surface area contributed by atoms with Gasteiger partial charge in [0.25, 0.3) is 0 Å². The fraction of sp³-hybridized carbons (Fsp3) is 0.524. The number of rotatable bonds is 10. The van der Waals surface area contributed by atoms with Crippen molar-refractivity contribution >= 4 is 17.3 Å². The Morgan fingerprint density at radius 1 is 1.17 bits per heavy atom. The van der Waals surface area contributed by atoms with Crippen LogP contribution in [-0.4, -0.2) is 55.3 Å². The highest BCUT2D eigenvalue weighted by molar-refractivity contribution is 5.61. The first-order valence-electron chi connectivity index (χ1n) is 10.2. The maximum atomic E-state index is 14.2. The zero-order chi connectivity index (χ0) is 20.6. The average molecular weight is 404 g/mol. The van der Waals surface area contributed by atoms with Crippen molar-refractivity contribution in [2.45, 2.75) is 32.6 Å². The summed E-state index contributed by atoms with van der Waals surface area (Å²) in [5, 5.41) is 5.99. The van der Waals surface area contributed by atoms with Crippen LogP contribution in [0.5, 0.6) is 11.5 Å². The number of halogens is 1. The number of nitrogens with zero attached hydrogens (tertiary/aromatic N) is 3. The number of anilines is 3. The smallest absolute Gasteiger partial charge is 0.179 e. The van der Waals surface area contributed by atoms with Crippen molar-refractivity contribution in [2.75, 3.05) is 51.0 Å². The van der Waals surface area contributed by atoms with Crippen molar-refractivity contribution < 1.29 is 13.9 Å². The number of aryl methyl sites for hydroxylation is 1. The summed E-state index contributed by atoms with van der Waals surface area (Å²) in [6, 6.07) is 3.40. The summed E-state index contributed by atoms with van der Waals surface area (Å²) < 4.78 is 25.6. The first kappa shape index (κ1) is 21.1. The fourth-order valence-electron chi connectivity index (χ4n) is 3.43. The quantitative estimate of drug-likeness (QED) is 0.584. The second-order valence-corrected chi connectivity index (χ2v) is 7.02. The Bertz CT molecular complexity index is 787. The number of ether oxygens (including phenoxy) is 2. The second-order valence-electron chi connectivity index (χ2n) is 7.02. The SMILES string of the molecule is CCc1nc(Nc2cc(OCCCN3CCCC3)c(OC)cn2)cc(NC)c1F. The van der Waals surface area contributed by atoms with Crippen molar-refractivity contribution in [1.29, 1.82) is 0 Å². The van der Waals surface area contributed by atoms with Crippen molar-refractivity contribution in [2.24, 2.45) is 0 Å². The van der Waals surface area contributed by atoms with Crippen LogP contribution in [0.4, 0.5) is 21.7 Å². The molecule has 8 heteroatoms. The molecule has 0 aliphatic carbocycles. The van der Waals surface area contributed by atoms with Gasteiger partial charge in [-0.05, 0) is 38.8 Å². The lowest BCUT2D eigenvalue weighted by molar-refractivity contribution is 0.254. The van der Waals surface area contributed by atoms with Crippen LogP contribution in [0.15, 0.2) is 18.3 Å². The van der Waals surface area contributed by atoms with Crippen molar-refractivity contribution in [3.63, 3.8) is 0 Å². The summed E-state index contributed by atoms with van der Waals surface area (Å²) in [4.78, 5) is 11.2. The zero-order valence-electron chi connectivity index (χ0n) is 17.4. The zero-order valence-corrected chi connectivity index (χ0v) is 17.4. The van der Waals surface area contributed by atoms with E-state index in [9.17, 15) is 4.39 Å². The van der Waals surface area contributed by atoms with Crippen molar-refractivity contribution in [1.82, 2.24) is 14.9 Å². The van der Waals surface area contributed by atoms with Crippen LogP contribution in [0.3, 0.4) is 0 Å². The van der Waals surface area contributed by atoms with Gasteiger partial charge in [0, 0.05) is 25.7 Å². The maximum Gasteiger partial charge on any atom is 0.179 e. The van der Waals surface area contributed by atoms with E-state index in [1.807, 2.05) is 6.92 Å². The van der Waals surface area contributed by atoms with Gasteiger partial charge in [-0.25, -0.2) is 14.4 Å². The molecule has 0 spiro atoms. The lowest BCUT2D eigenvalue weighted by atomic mass is 10.2. The third-order valence-electron chi connectivity index (χ3n) is 5.01. The number of hydrogen-bond donors (Lipinski definition) is 2. The van der Waals surface area contributed by atoms with Crippen LogP contribution < -0.4 is 20.1 Å². The van der Waals surface area contributed by atoms with E-state index in [0.717, 1.165) is 13.0 Å². The van der Waals surface area contributed by atoms with Gasteiger partial charge in [0.05, 0.1) is 31.3 Å². The first-order chi connectivity index (χ1) is 14.1. The standard InChI is InChI=1S/C21H30FN5O2/c1-4-15-21(22)16(23-2)12-20(25-15)26-19-13-17(18(28-3)14-24-19)29-11-7-10-27-8-5-6-9-27/h12-14H,4-11H2,1-3H3,(H2,23,24,25,26). The Morgan fingerprint density at radius 3 is 2.66 bits per heavy atom. The van der Waals surface area contributed by atoms with E-state index in [0.29, 0.717) is 47.5 Å². The Labute approximate surface area is 171 Å². The molecule has 2 N–H and O–H groups in total. The predicted molar refractivity (Wildman–Crippen MR) is 113 cm³/mol. The lowest BCUT2D eigenvalue weighted by Crippen LogP contribution is -2.22. The van der Waals surface area contributed by atoms with Gasteiger partial charge in [-0.2, -0.15) is 0 Å². The minimum Gasteiger partial charge on any atom is -0.491 e. The average Bonchev–Trinajstić information content (AvgIpc) is 3.26. The molecular weight excluding hydrogens is 373 g/mol. The van der Waals surface area contributed by atoms with Gasteiger partial charge < -0.3 is 25.0 Å². The molecule has 0 amide bonds. The normalized spacial score (nSPS) is 14.1. The van der Waals surface area contributed by atoms with E-state index in [4.69, 9.17) is 9.47 Å². The van der Waals surface area contributed by atoms with E-state index in [-0.39, 0.29) is 5.82 Å². The minimum atomic E-state index is -0.328. The van der Waals surface area contributed by atoms with Gasteiger partial charge in [0.2, 0.25) is 0 Å². The molecule has 29 heavy (non-hydrogen) atoms. The molecule has 1 aliphatic rings. The lowest BCUT2D eigenvalue weighted by Gasteiger charge is -2.16. The van der Waals surface area contributed by atoms with Crippen molar-refractivity contribution in [3.8, 4) is 11.5 Å². The van der Waals surface area contributed by atoms with E-state index >= 15 is 0 Å². The molecule has 1 aliphatic heterocycles. The molecule has 2 aromatic heterocycles. The van der Waals surface area contributed by atoms with Gasteiger partial charge in [0.1, 0.15) is 11.6 Å². The summed E-state index contributed by atoms with van der Waals surface area (Å²) in [7, 11) is 3.27. The molecule has 0 aromatic carbocycles. The topological polar surface area (TPSA) is 71.5 Å². The highest BCUT2D eigenvalue weighted by Crippen LogP contribution is 2.30. The molecule has 7 nitrogen and oxygen atoms in total. The van der Waals surface area contributed by atoms with Crippen LogP contribution in [-0.2, 0) is 6.42 Å². The molecule has 158 valence electrons. The third-order valence-corrected chi connectivity index (χ3v) is 5.01. The van der Waals surface area contributed by atoms with Crippen LogP contribution in [0.1, 0.15) is 31.9 Å². The van der Waals surface area contributed by atoms with E-state index in [2.05, 4.69) is 25.5 Å². The summed E-state index contributed by atoms with van der Waals surface area (Å²) in [5.74, 6) is 1.95. The number of aromatic nitrogens is 2. The Hall–Kier alpha value is -2.61. The molecule has 0 unspecified atom stereocenters. The highest BCUT2D eigenvalue weighted by Gasteiger charge is 2.14. The number of nitrogens with one attached hydrogen (secondary N) is 2. The molecule has 0 radical (unpaired) electrons. The first-order valence-corrected chi connectivity index (χ1v) is 10.2. The maximum absolute atomic E-state index is 14.2. The van der Waals surface area contributed by atoms with Crippen molar-refractivity contribution in [3.05, 3.63) is 29.8 Å². The molecule has 0 bridgehead atoms. The number of methoxy groups -OCH3 is 1. The minimum absolute atomic E-state index is 0.328. The van der Waals surface area contributed by atoms with E-state index in [1.165, 1.54) is 25.9 Å². The molecule has 2 aromatic rings. The number of pyridine rings is 2. The molecular formula is C21H30FN5O2. The number of hydrogen-bond acceptors (Lipinski definition) is 7. The Balaban J connectivity index is 1.67. The summed E-state index contributed by atoms with van der Waals surface area (Å²) in [6.07, 6.45) is 5.65. The van der Waals surface area contributed by atoms with Gasteiger partial charge in [-0.3, -0.25) is 0 Å². The van der Waals surface area contributed by atoms with Gasteiger partial charge in [0.15, 0.2) is 17.3 Å². The fourth-order valence-corrected chi connectivity index (χ4v) is 3.43. The third kappa shape index (κ3) is 5.47. The summed E-state index contributed by atoms with van der Waals surface area (Å²) >= 11 is 0. The van der Waals surface area contributed by atoms with E-state index < -0.39 is 0 Å². The predicted octanol–water partition coefficient (Wildman–Crippen LogP) is 3.84. The molecule has 3 heterocycles. The van der Waals surface area contributed by atoms with E-state index in [1.54, 1.807) is 32.5 Å². The Kier molecular flexibility index (Phi) is 7.46. The molecule has 1 saturated heterocycles. The molecule has 1 fully saturated rings. The van der Waals surface area contributed by atoms with Crippen LogP contribution in [0, 0.1) is 5.82 Å². The van der Waals surface area contributed by atoms with Gasteiger partial charge in [-0.15, -0.1) is 0 Å². The largest absolute Gasteiger partial charge is 0.491 e. The van der Waals surface area contributed by atoms with Crippen LogP contribution in [0.2, 0.25) is 0 Å². The molecule has 0 saturated carbocycles. The van der Waals surface area contributed by atoms with Crippen LogP contribution >= 0.6 is 0 Å². The van der Waals surface area contributed by atoms with Gasteiger partial charge in [-0.1, -0.05) is 6.92 Å². The monoisotopic (exact) mass is 403 g/mol. The Morgan fingerprint density at radius 2 is 1.97 bits per heavy atom. The van der Waals surface area contributed by atoms with Crippen LogP contribution in [0.25, 0.3) is 0 Å². The second kappa shape index (κ2) is 10.2. The highest BCUT2D eigenvalue weighted by atomic mass is 19.1. The molecule has 0 atom stereocenters. The number of likely N-dealkylation sites (tertiary alicyclic amines) is 1. The van der Waals surface area contributed by atoms with Gasteiger partial charge >= 0.3 is 0 Å².